The number of ether oxygens (including phenoxy) is 2. The minimum atomic E-state index is -0.419. The minimum absolute atomic E-state index is 0.00140. The van der Waals surface area contributed by atoms with E-state index in [0.717, 1.165) is 59.3 Å². The highest BCUT2D eigenvalue weighted by Crippen LogP contribution is 2.40. The van der Waals surface area contributed by atoms with Crippen molar-refractivity contribution < 1.29 is 24.0 Å². The Hall–Kier alpha value is -3.96. The molecule has 0 radical (unpaired) electrons. The number of nitrogens with zero attached hydrogens (tertiary/aromatic N) is 3. The summed E-state index contributed by atoms with van der Waals surface area (Å²) < 4.78 is 12.7. The topological polar surface area (TPSA) is 116 Å². The van der Waals surface area contributed by atoms with Gasteiger partial charge in [0, 0.05) is 34.6 Å². The largest absolute Gasteiger partial charge is 0.454 e. The second-order valence-electron chi connectivity index (χ2n) is 10.7. The van der Waals surface area contributed by atoms with Crippen LogP contribution in [-0.2, 0) is 11.3 Å². The number of anilines is 1. The van der Waals surface area contributed by atoms with Crippen molar-refractivity contribution in [2.45, 2.75) is 58.5 Å². The van der Waals surface area contributed by atoms with Crippen LogP contribution < -0.4 is 14.8 Å². The number of amides is 2. The van der Waals surface area contributed by atoms with E-state index in [2.05, 4.69) is 5.32 Å². The summed E-state index contributed by atoms with van der Waals surface area (Å²) in [6.07, 6.45) is 7.16. The summed E-state index contributed by atoms with van der Waals surface area (Å²) in [4.78, 5) is 39.2. The number of nitro benzene ring substituents is 1. The van der Waals surface area contributed by atoms with Crippen LogP contribution in [0.15, 0.2) is 41.3 Å². The molecule has 0 unspecified atom stereocenters. The molecule has 0 spiro atoms. The van der Waals surface area contributed by atoms with E-state index in [0.29, 0.717) is 33.5 Å². The predicted molar refractivity (Wildman–Crippen MR) is 161 cm³/mol. The van der Waals surface area contributed by atoms with Gasteiger partial charge in [0.25, 0.3) is 16.8 Å². The number of aryl methyl sites for hydroxylation is 1. The maximum atomic E-state index is 13.3. The standard InChI is InChI=1S/C30H29ClN4O6S/c1-17-10-19(12-28-29(36)33(30(37)42-28)15-20-11-26-27(14-23(20)31)41-16-40-26)18(2)34(17)22-8-9-24(25(13-22)35(38)39)32-21-6-4-3-5-7-21/h8-14,21,32H,3-7,15-16H2,1-2H3/b28-12-. The van der Waals surface area contributed by atoms with Crippen molar-refractivity contribution in [1.29, 1.82) is 0 Å². The average Bonchev–Trinajstić information content (AvgIpc) is 3.61. The van der Waals surface area contributed by atoms with Crippen molar-refractivity contribution in [3.63, 3.8) is 0 Å². The van der Waals surface area contributed by atoms with Crippen molar-refractivity contribution in [3.8, 4) is 17.2 Å². The lowest BCUT2D eigenvalue weighted by atomic mass is 9.95. The smallest absolute Gasteiger partial charge is 0.294 e. The molecule has 1 aromatic heterocycles. The monoisotopic (exact) mass is 608 g/mol. The lowest BCUT2D eigenvalue weighted by Crippen LogP contribution is -2.27. The number of imide groups is 1. The molecule has 1 saturated carbocycles. The third-order valence-corrected chi connectivity index (χ3v) is 9.16. The maximum absolute atomic E-state index is 13.3. The number of thioether (sulfide) groups is 1. The lowest BCUT2D eigenvalue weighted by Gasteiger charge is -2.24. The van der Waals surface area contributed by atoms with E-state index in [1.165, 1.54) is 6.42 Å². The van der Waals surface area contributed by atoms with Crippen LogP contribution in [0.3, 0.4) is 0 Å². The number of halogens is 1. The van der Waals surface area contributed by atoms with E-state index in [1.54, 1.807) is 30.3 Å². The van der Waals surface area contributed by atoms with E-state index >= 15 is 0 Å². The zero-order valence-corrected chi connectivity index (χ0v) is 24.7. The van der Waals surface area contributed by atoms with E-state index in [9.17, 15) is 19.7 Å². The van der Waals surface area contributed by atoms with Crippen molar-refractivity contribution in [2.75, 3.05) is 12.1 Å². The number of rotatable bonds is 7. The molecule has 0 atom stereocenters. The Labute approximate surface area is 251 Å². The van der Waals surface area contributed by atoms with Crippen LogP contribution >= 0.6 is 23.4 Å². The minimum Gasteiger partial charge on any atom is -0.454 e. The molecule has 1 aliphatic carbocycles. The molecule has 3 aromatic rings. The molecule has 218 valence electrons. The van der Waals surface area contributed by atoms with Gasteiger partial charge in [0.15, 0.2) is 11.5 Å². The first kappa shape index (κ1) is 28.2. The van der Waals surface area contributed by atoms with Gasteiger partial charge in [-0.25, -0.2) is 0 Å². The van der Waals surface area contributed by atoms with Crippen molar-refractivity contribution in [2.24, 2.45) is 0 Å². The fraction of sp³-hybridized carbons (Fsp3) is 0.333. The molecule has 42 heavy (non-hydrogen) atoms. The highest BCUT2D eigenvalue weighted by molar-refractivity contribution is 8.18. The van der Waals surface area contributed by atoms with Gasteiger partial charge in [-0.2, -0.15) is 0 Å². The molecule has 1 N–H and O–H groups in total. The van der Waals surface area contributed by atoms with E-state index < -0.39 is 11.1 Å². The van der Waals surface area contributed by atoms with E-state index in [1.807, 2.05) is 30.5 Å². The Balaban J connectivity index is 1.25. The first-order valence-corrected chi connectivity index (χ1v) is 15.0. The van der Waals surface area contributed by atoms with Crippen LogP contribution in [0.4, 0.5) is 16.2 Å². The van der Waals surface area contributed by atoms with Gasteiger partial charge in [0.05, 0.1) is 22.1 Å². The molecule has 3 heterocycles. The zero-order valence-electron chi connectivity index (χ0n) is 23.1. The zero-order chi connectivity index (χ0) is 29.5. The van der Waals surface area contributed by atoms with Gasteiger partial charge in [-0.3, -0.25) is 24.6 Å². The van der Waals surface area contributed by atoms with Gasteiger partial charge >= 0.3 is 0 Å². The number of benzene rings is 2. The summed E-state index contributed by atoms with van der Waals surface area (Å²) >= 11 is 7.25. The van der Waals surface area contributed by atoms with Gasteiger partial charge in [-0.05, 0) is 79.9 Å². The summed E-state index contributed by atoms with van der Waals surface area (Å²) in [5.41, 5.74) is 4.14. The number of fused-ring (bicyclic) bond motifs is 1. The SMILES string of the molecule is Cc1cc(/C=C2\SC(=O)N(Cc3cc4c(cc3Cl)OCO4)C2=O)c(C)n1-c1ccc(NC2CCCCC2)c([N+](=O)[O-])c1. The Morgan fingerprint density at radius 1 is 1.10 bits per heavy atom. The molecular weight excluding hydrogens is 580 g/mol. The van der Waals surface area contributed by atoms with Gasteiger partial charge in [0.1, 0.15) is 5.69 Å². The quantitative estimate of drug-likeness (QED) is 0.168. The number of nitrogens with one attached hydrogen (secondary N) is 1. The summed E-state index contributed by atoms with van der Waals surface area (Å²) in [6, 6.07) is 10.7. The van der Waals surface area contributed by atoms with Crippen LogP contribution in [0.5, 0.6) is 11.5 Å². The summed E-state index contributed by atoms with van der Waals surface area (Å²) in [5.74, 6) is 0.619. The van der Waals surface area contributed by atoms with Gasteiger partial charge < -0.3 is 19.4 Å². The summed E-state index contributed by atoms with van der Waals surface area (Å²) in [6.45, 7) is 3.88. The van der Waals surface area contributed by atoms with Gasteiger partial charge in [-0.1, -0.05) is 30.9 Å². The molecule has 1 saturated heterocycles. The summed E-state index contributed by atoms with van der Waals surface area (Å²) in [7, 11) is 0. The van der Waals surface area contributed by atoms with Gasteiger partial charge in [-0.15, -0.1) is 0 Å². The molecule has 3 aliphatic rings. The number of carbonyl (C=O) groups excluding carboxylic acids is 2. The number of carbonyl (C=O) groups is 2. The predicted octanol–water partition coefficient (Wildman–Crippen LogP) is 7.37. The van der Waals surface area contributed by atoms with E-state index in [-0.39, 0.29) is 34.9 Å². The normalized spacial score (nSPS) is 17.9. The van der Waals surface area contributed by atoms with Crippen LogP contribution in [0, 0.1) is 24.0 Å². The highest BCUT2D eigenvalue weighted by Gasteiger charge is 2.36. The number of hydrogen-bond acceptors (Lipinski definition) is 8. The Bertz CT molecular complexity index is 1640. The third kappa shape index (κ3) is 5.34. The first-order chi connectivity index (χ1) is 20.2. The first-order valence-electron chi connectivity index (χ1n) is 13.8. The maximum Gasteiger partial charge on any atom is 0.294 e. The number of hydrogen-bond donors (Lipinski definition) is 1. The van der Waals surface area contributed by atoms with Gasteiger partial charge in [0.2, 0.25) is 6.79 Å². The summed E-state index contributed by atoms with van der Waals surface area (Å²) in [5, 5.41) is 15.4. The van der Waals surface area contributed by atoms with Crippen molar-refractivity contribution in [1.82, 2.24) is 9.47 Å². The molecule has 2 aliphatic heterocycles. The Morgan fingerprint density at radius 3 is 2.57 bits per heavy atom. The highest BCUT2D eigenvalue weighted by atomic mass is 35.5. The Morgan fingerprint density at radius 2 is 1.83 bits per heavy atom. The Kier molecular flexibility index (Phi) is 7.63. The number of aromatic nitrogens is 1. The molecule has 12 heteroatoms. The van der Waals surface area contributed by atoms with Crippen LogP contribution in [0.25, 0.3) is 11.8 Å². The molecule has 10 nitrogen and oxygen atoms in total. The fourth-order valence-corrected chi connectivity index (χ4v) is 6.80. The van der Waals surface area contributed by atoms with Crippen LogP contribution in [-0.4, -0.2) is 38.4 Å². The second kappa shape index (κ2) is 11.4. The fourth-order valence-electron chi connectivity index (χ4n) is 5.76. The molecule has 2 fully saturated rings. The molecular formula is C30H29ClN4O6S. The molecule has 6 rings (SSSR count). The number of nitro groups is 1. The molecule has 2 amide bonds. The van der Waals surface area contributed by atoms with E-state index in [4.69, 9.17) is 21.1 Å². The molecule has 2 aromatic carbocycles. The third-order valence-electron chi connectivity index (χ3n) is 7.90. The van der Waals surface area contributed by atoms with Crippen LogP contribution in [0.1, 0.15) is 54.6 Å². The molecule has 0 bridgehead atoms. The van der Waals surface area contributed by atoms with Crippen LogP contribution in [0.2, 0.25) is 5.02 Å². The lowest BCUT2D eigenvalue weighted by molar-refractivity contribution is -0.384. The average molecular weight is 609 g/mol. The van der Waals surface area contributed by atoms with Crippen molar-refractivity contribution >= 4 is 52.0 Å². The van der Waals surface area contributed by atoms with Crippen molar-refractivity contribution in [3.05, 3.63) is 79.0 Å². The second-order valence-corrected chi connectivity index (χ2v) is 12.1.